The van der Waals surface area contributed by atoms with Crippen molar-refractivity contribution in [3.8, 4) is 5.75 Å². The maximum Gasteiger partial charge on any atom is 0.251 e. The lowest BCUT2D eigenvalue weighted by Gasteiger charge is -2.26. The molecule has 0 spiro atoms. The second-order valence-electron chi connectivity index (χ2n) is 7.14. The molecule has 1 heterocycles. The summed E-state index contributed by atoms with van der Waals surface area (Å²) in [5.41, 5.74) is 1.34. The molecule has 8 heteroatoms. The number of carbonyl (C=O) groups excluding carboxylic acids is 1. The number of nitrogens with zero attached hydrogens (tertiary/aromatic N) is 1. The Morgan fingerprint density at radius 2 is 1.76 bits per heavy atom. The average molecular weight is 437 g/mol. The number of piperidine rings is 1. The zero-order valence-corrected chi connectivity index (χ0v) is 17.7. The van der Waals surface area contributed by atoms with Gasteiger partial charge in [0.05, 0.1) is 5.02 Å². The molecule has 0 bridgehead atoms. The minimum Gasteiger partial charge on any atom is -0.508 e. The lowest BCUT2D eigenvalue weighted by Crippen LogP contribution is -2.36. The predicted molar refractivity (Wildman–Crippen MR) is 113 cm³/mol. The third-order valence-electron chi connectivity index (χ3n) is 4.99. The van der Waals surface area contributed by atoms with Gasteiger partial charge in [0.1, 0.15) is 10.6 Å². The Morgan fingerprint density at radius 3 is 2.45 bits per heavy atom. The van der Waals surface area contributed by atoms with Crippen molar-refractivity contribution in [1.29, 1.82) is 0 Å². The van der Waals surface area contributed by atoms with Crippen molar-refractivity contribution < 1.29 is 18.3 Å². The molecule has 0 aromatic heterocycles. The topological polar surface area (TPSA) is 86.7 Å². The van der Waals surface area contributed by atoms with E-state index in [2.05, 4.69) is 5.32 Å². The van der Waals surface area contributed by atoms with E-state index in [1.165, 1.54) is 22.5 Å². The molecule has 3 rings (SSSR count). The molecule has 2 N–H and O–H groups in total. The van der Waals surface area contributed by atoms with Crippen LogP contribution >= 0.6 is 11.6 Å². The second-order valence-corrected chi connectivity index (χ2v) is 9.45. The summed E-state index contributed by atoms with van der Waals surface area (Å²) in [4.78, 5) is 12.5. The third kappa shape index (κ3) is 5.50. The summed E-state index contributed by atoms with van der Waals surface area (Å²) in [5.74, 6) is -0.109. The molecule has 1 aliphatic rings. The molecule has 1 amide bonds. The van der Waals surface area contributed by atoms with Gasteiger partial charge >= 0.3 is 0 Å². The van der Waals surface area contributed by atoms with E-state index in [9.17, 15) is 18.3 Å². The van der Waals surface area contributed by atoms with Crippen LogP contribution in [0.15, 0.2) is 47.4 Å². The van der Waals surface area contributed by atoms with Crippen LogP contribution < -0.4 is 5.32 Å². The Hall–Kier alpha value is -2.09. The fourth-order valence-corrected chi connectivity index (χ4v) is 5.36. The number of amides is 1. The molecule has 0 saturated carbocycles. The Kier molecular flexibility index (Phi) is 7.16. The molecule has 0 atom stereocenters. The normalized spacial score (nSPS) is 15.2. The van der Waals surface area contributed by atoms with Gasteiger partial charge in [-0.15, -0.1) is 0 Å². The molecule has 1 fully saturated rings. The number of phenolic OH excluding ortho intramolecular Hbond substituents is 1. The van der Waals surface area contributed by atoms with Crippen molar-refractivity contribution in [3.63, 3.8) is 0 Å². The number of benzene rings is 2. The van der Waals surface area contributed by atoms with Crippen molar-refractivity contribution >= 4 is 27.5 Å². The summed E-state index contributed by atoms with van der Waals surface area (Å²) in [6, 6.07) is 11.3. The highest BCUT2D eigenvalue weighted by Gasteiger charge is 2.28. The van der Waals surface area contributed by atoms with Crippen molar-refractivity contribution in [2.24, 2.45) is 0 Å². The number of nitrogens with one attached hydrogen (secondary N) is 1. The Bertz CT molecular complexity index is 955. The summed E-state index contributed by atoms with van der Waals surface area (Å²) >= 11 is 6.16. The smallest absolute Gasteiger partial charge is 0.251 e. The van der Waals surface area contributed by atoms with Crippen LogP contribution in [0.2, 0.25) is 5.02 Å². The van der Waals surface area contributed by atoms with E-state index in [4.69, 9.17) is 11.6 Å². The van der Waals surface area contributed by atoms with Gasteiger partial charge in [-0.3, -0.25) is 4.79 Å². The minimum atomic E-state index is -3.71. The molecule has 0 unspecified atom stereocenters. The molecule has 2 aromatic rings. The summed E-state index contributed by atoms with van der Waals surface area (Å²) in [7, 11) is -3.71. The van der Waals surface area contributed by atoms with E-state index in [1.54, 1.807) is 12.1 Å². The first-order valence-electron chi connectivity index (χ1n) is 9.74. The number of rotatable bonds is 7. The minimum absolute atomic E-state index is 0.0159. The van der Waals surface area contributed by atoms with Crippen LogP contribution in [0.5, 0.6) is 5.75 Å². The molecular formula is C21H25ClN2O4S. The van der Waals surface area contributed by atoms with Crippen LogP contribution in [0.1, 0.15) is 41.6 Å². The van der Waals surface area contributed by atoms with E-state index in [0.29, 0.717) is 19.6 Å². The fourth-order valence-electron chi connectivity index (χ4n) is 3.35. The number of sulfonamides is 1. The van der Waals surface area contributed by atoms with Crippen LogP contribution in [0, 0.1) is 0 Å². The maximum atomic E-state index is 12.9. The van der Waals surface area contributed by atoms with E-state index in [0.717, 1.165) is 37.7 Å². The molecule has 2 aromatic carbocycles. The van der Waals surface area contributed by atoms with Crippen molar-refractivity contribution in [2.45, 2.75) is 37.0 Å². The molecule has 1 aliphatic heterocycles. The Balaban J connectivity index is 1.62. The molecular weight excluding hydrogens is 412 g/mol. The number of hydrogen-bond donors (Lipinski definition) is 2. The van der Waals surface area contributed by atoms with Gasteiger partial charge in [0.2, 0.25) is 10.0 Å². The summed E-state index contributed by atoms with van der Waals surface area (Å²) in [5, 5.41) is 12.2. The first kappa shape index (κ1) is 21.6. The molecule has 0 aliphatic carbocycles. The number of aryl methyl sites for hydroxylation is 1. The molecule has 156 valence electrons. The van der Waals surface area contributed by atoms with Crippen LogP contribution in [0.4, 0.5) is 0 Å². The van der Waals surface area contributed by atoms with Crippen molar-refractivity contribution in [1.82, 2.24) is 9.62 Å². The highest BCUT2D eigenvalue weighted by Crippen LogP contribution is 2.27. The predicted octanol–water partition coefficient (Wildman–Crippen LogP) is 3.58. The highest BCUT2D eigenvalue weighted by molar-refractivity contribution is 7.89. The quantitative estimate of drug-likeness (QED) is 0.649. The highest BCUT2D eigenvalue weighted by atomic mass is 35.5. The van der Waals surface area contributed by atoms with Crippen LogP contribution in [0.25, 0.3) is 0 Å². The van der Waals surface area contributed by atoms with Gasteiger partial charge < -0.3 is 10.4 Å². The number of carbonyl (C=O) groups is 1. The first-order chi connectivity index (χ1) is 13.9. The summed E-state index contributed by atoms with van der Waals surface area (Å²) in [6.07, 6.45) is 4.17. The van der Waals surface area contributed by atoms with Gasteiger partial charge in [-0.2, -0.15) is 4.31 Å². The Morgan fingerprint density at radius 1 is 1.07 bits per heavy atom. The zero-order chi connectivity index (χ0) is 20.9. The summed E-state index contributed by atoms with van der Waals surface area (Å²) in [6.45, 7) is 1.41. The summed E-state index contributed by atoms with van der Waals surface area (Å²) < 4.78 is 27.3. The van der Waals surface area contributed by atoms with Crippen molar-refractivity contribution in [3.05, 3.63) is 58.6 Å². The SMILES string of the molecule is O=C(NCCCc1ccc(O)cc1)c1ccc(Cl)c(S(=O)(=O)N2CCCCC2)c1. The number of aromatic hydroxyl groups is 1. The third-order valence-corrected chi connectivity index (χ3v) is 7.37. The van der Waals surface area contributed by atoms with E-state index >= 15 is 0 Å². The van der Waals surface area contributed by atoms with E-state index in [1.807, 2.05) is 12.1 Å². The largest absolute Gasteiger partial charge is 0.508 e. The molecule has 29 heavy (non-hydrogen) atoms. The standard InChI is InChI=1S/C21H25ClN2O4S/c22-19-11-8-17(15-20(19)29(27,28)24-13-2-1-3-14-24)21(26)23-12-4-5-16-6-9-18(25)10-7-16/h6-11,15,25H,1-5,12-14H2,(H,23,26). The number of hydrogen-bond acceptors (Lipinski definition) is 4. The van der Waals surface area contributed by atoms with Gasteiger partial charge in [0.25, 0.3) is 5.91 Å². The lowest BCUT2D eigenvalue weighted by molar-refractivity contribution is 0.0953. The number of phenols is 1. The van der Waals surface area contributed by atoms with Crippen LogP contribution in [0.3, 0.4) is 0 Å². The molecule has 6 nitrogen and oxygen atoms in total. The van der Waals surface area contributed by atoms with Gasteiger partial charge in [0.15, 0.2) is 0 Å². The Labute approximate surface area is 176 Å². The first-order valence-corrected chi connectivity index (χ1v) is 11.6. The zero-order valence-electron chi connectivity index (χ0n) is 16.1. The van der Waals surface area contributed by atoms with Gasteiger partial charge in [-0.05, 0) is 61.6 Å². The average Bonchev–Trinajstić information content (AvgIpc) is 2.73. The monoisotopic (exact) mass is 436 g/mol. The van der Waals surface area contributed by atoms with Crippen LogP contribution in [-0.2, 0) is 16.4 Å². The van der Waals surface area contributed by atoms with Crippen molar-refractivity contribution in [2.75, 3.05) is 19.6 Å². The van der Waals surface area contributed by atoms with E-state index in [-0.39, 0.29) is 27.1 Å². The second kappa shape index (κ2) is 9.61. The van der Waals surface area contributed by atoms with Gasteiger partial charge in [-0.1, -0.05) is 30.2 Å². The molecule has 0 radical (unpaired) electrons. The number of halogens is 1. The molecule has 1 saturated heterocycles. The van der Waals surface area contributed by atoms with Gasteiger partial charge in [-0.25, -0.2) is 8.42 Å². The van der Waals surface area contributed by atoms with Crippen LogP contribution in [-0.4, -0.2) is 43.4 Å². The maximum absolute atomic E-state index is 12.9. The van der Waals surface area contributed by atoms with E-state index < -0.39 is 10.0 Å². The lowest BCUT2D eigenvalue weighted by atomic mass is 10.1. The fraction of sp³-hybridized carbons (Fsp3) is 0.381. The van der Waals surface area contributed by atoms with Gasteiger partial charge in [0, 0.05) is 25.2 Å².